The molecule has 0 heteroatoms. The highest BCUT2D eigenvalue weighted by Crippen LogP contribution is 2.43. The van der Waals surface area contributed by atoms with Crippen LogP contribution in [0.15, 0.2) is 0 Å². The second kappa shape index (κ2) is 11.5. The molecule has 0 aliphatic rings. The van der Waals surface area contributed by atoms with Crippen molar-refractivity contribution in [3.8, 4) is 0 Å². The zero-order valence-electron chi connectivity index (χ0n) is 17.2. The van der Waals surface area contributed by atoms with E-state index in [0.717, 1.165) is 23.7 Å². The molecule has 0 N–H and O–H groups in total. The molecule has 134 valence electrons. The normalized spacial score (nSPS) is 13.1. The smallest absolute Gasteiger partial charge is 0.0295 e. The van der Waals surface area contributed by atoms with E-state index in [1.807, 2.05) is 0 Å². The Hall–Kier alpha value is 0. The van der Waals surface area contributed by atoms with Gasteiger partial charge in [-0.1, -0.05) is 87.5 Å². The Kier molecular flexibility index (Phi) is 11.5. The molecular weight excluding hydrogens is 264 g/mol. The summed E-state index contributed by atoms with van der Waals surface area (Å²) in [5, 5.41) is 0. The molecule has 0 radical (unpaired) electrons. The van der Waals surface area contributed by atoms with Gasteiger partial charge in [-0.3, -0.25) is 0 Å². The van der Waals surface area contributed by atoms with Crippen molar-refractivity contribution in [2.24, 2.45) is 29.1 Å². The summed E-state index contributed by atoms with van der Waals surface area (Å²) in [5.41, 5.74) is 0.627. The fraction of sp³-hybridized carbons (Fsp3) is 1.00. The van der Waals surface area contributed by atoms with Crippen LogP contribution in [-0.4, -0.2) is 0 Å². The maximum absolute atomic E-state index is 2.43. The Morgan fingerprint density at radius 1 is 0.500 bits per heavy atom. The van der Waals surface area contributed by atoms with E-state index >= 15 is 0 Å². The second-order valence-electron chi connectivity index (χ2n) is 9.60. The van der Waals surface area contributed by atoms with Crippen molar-refractivity contribution in [3.05, 3.63) is 0 Å². The van der Waals surface area contributed by atoms with Crippen LogP contribution in [0.4, 0.5) is 0 Å². The van der Waals surface area contributed by atoms with Gasteiger partial charge in [-0.15, -0.1) is 0 Å². The molecule has 0 fully saturated rings. The highest BCUT2D eigenvalue weighted by atomic mass is 14.4. The molecule has 0 saturated heterocycles. The van der Waals surface area contributed by atoms with Crippen LogP contribution in [0.2, 0.25) is 0 Å². The van der Waals surface area contributed by atoms with Crippen LogP contribution in [0.5, 0.6) is 0 Å². The number of hydrogen-bond donors (Lipinski definition) is 0. The summed E-state index contributed by atoms with van der Waals surface area (Å²) in [6.45, 7) is 19.1. The van der Waals surface area contributed by atoms with Gasteiger partial charge in [-0.2, -0.15) is 0 Å². The molecule has 0 saturated carbocycles. The van der Waals surface area contributed by atoms with Crippen LogP contribution in [0.3, 0.4) is 0 Å². The van der Waals surface area contributed by atoms with Crippen molar-refractivity contribution in [2.45, 2.75) is 113 Å². The summed E-state index contributed by atoms with van der Waals surface area (Å²) in [5.74, 6) is 3.40. The van der Waals surface area contributed by atoms with E-state index in [0.29, 0.717) is 5.41 Å². The summed E-state index contributed by atoms with van der Waals surface area (Å²) < 4.78 is 0. The third kappa shape index (κ3) is 11.6. The Morgan fingerprint density at radius 3 is 1.23 bits per heavy atom. The van der Waals surface area contributed by atoms with E-state index in [1.54, 1.807) is 0 Å². The first-order chi connectivity index (χ1) is 10.2. The van der Waals surface area contributed by atoms with Crippen LogP contribution in [0.1, 0.15) is 113 Å². The highest BCUT2D eigenvalue weighted by molar-refractivity contribution is 4.82. The first-order valence-electron chi connectivity index (χ1n) is 10.2. The molecule has 0 amide bonds. The van der Waals surface area contributed by atoms with E-state index in [2.05, 4.69) is 55.4 Å². The lowest BCUT2D eigenvalue weighted by molar-refractivity contribution is 0.146. The summed E-state index contributed by atoms with van der Waals surface area (Å²) in [6.07, 6.45) is 12.9. The standard InChI is InChI=1S/C22H46/c1-18(2)11-9-14-22(17-21(7)8,16-13-20(5)6)15-10-12-19(3)4/h18-21H,9-17H2,1-8H3. The largest absolute Gasteiger partial charge is 0.0628 e. The van der Waals surface area contributed by atoms with E-state index in [9.17, 15) is 0 Å². The van der Waals surface area contributed by atoms with E-state index in [-0.39, 0.29) is 0 Å². The zero-order valence-corrected chi connectivity index (χ0v) is 17.2. The Morgan fingerprint density at radius 2 is 0.909 bits per heavy atom. The highest BCUT2D eigenvalue weighted by Gasteiger charge is 2.30. The second-order valence-corrected chi connectivity index (χ2v) is 9.60. The van der Waals surface area contributed by atoms with Gasteiger partial charge < -0.3 is 0 Å². The number of rotatable bonds is 13. The van der Waals surface area contributed by atoms with Gasteiger partial charge in [0.25, 0.3) is 0 Å². The monoisotopic (exact) mass is 310 g/mol. The molecule has 0 spiro atoms. The minimum absolute atomic E-state index is 0.627. The SMILES string of the molecule is CC(C)CCCC(CCCC(C)C)(CCC(C)C)CC(C)C. The summed E-state index contributed by atoms with van der Waals surface area (Å²) in [4.78, 5) is 0. The Bertz CT molecular complexity index is 233. The van der Waals surface area contributed by atoms with Crippen molar-refractivity contribution < 1.29 is 0 Å². The van der Waals surface area contributed by atoms with Crippen molar-refractivity contribution in [2.75, 3.05) is 0 Å². The summed E-state index contributed by atoms with van der Waals surface area (Å²) in [7, 11) is 0. The molecule has 0 aromatic rings. The molecular formula is C22H46. The first-order valence-corrected chi connectivity index (χ1v) is 10.2. The van der Waals surface area contributed by atoms with Crippen molar-refractivity contribution in [1.82, 2.24) is 0 Å². The van der Waals surface area contributed by atoms with E-state index in [1.165, 1.54) is 57.8 Å². The van der Waals surface area contributed by atoms with Gasteiger partial charge in [0.1, 0.15) is 0 Å². The third-order valence-corrected chi connectivity index (χ3v) is 5.07. The third-order valence-electron chi connectivity index (χ3n) is 5.07. The van der Waals surface area contributed by atoms with E-state index < -0.39 is 0 Å². The molecule has 0 aliphatic carbocycles. The fourth-order valence-corrected chi connectivity index (χ4v) is 3.91. The van der Waals surface area contributed by atoms with Crippen LogP contribution in [-0.2, 0) is 0 Å². The van der Waals surface area contributed by atoms with E-state index in [4.69, 9.17) is 0 Å². The lowest BCUT2D eigenvalue weighted by atomic mass is 9.68. The summed E-state index contributed by atoms with van der Waals surface area (Å²) >= 11 is 0. The first kappa shape index (κ1) is 22.0. The number of hydrogen-bond acceptors (Lipinski definition) is 0. The van der Waals surface area contributed by atoms with Gasteiger partial charge in [0, 0.05) is 0 Å². The lowest BCUT2D eigenvalue weighted by Gasteiger charge is -2.37. The molecule has 0 nitrogen and oxygen atoms in total. The fourth-order valence-electron chi connectivity index (χ4n) is 3.91. The van der Waals surface area contributed by atoms with Crippen molar-refractivity contribution >= 4 is 0 Å². The van der Waals surface area contributed by atoms with Crippen LogP contribution in [0.25, 0.3) is 0 Å². The van der Waals surface area contributed by atoms with Gasteiger partial charge in [-0.25, -0.2) is 0 Å². The topological polar surface area (TPSA) is 0 Å². The lowest BCUT2D eigenvalue weighted by Crippen LogP contribution is -2.24. The average Bonchev–Trinajstić information content (AvgIpc) is 2.34. The molecule has 22 heavy (non-hydrogen) atoms. The molecule has 0 aliphatic heterocycles. The molecule has 0 bridgehead atoms. The van der Waals surface area contributed by atoms with Crippen LogP contribution >= 0.6 is 0 Å². The predicted octanol–water partition coefficient (Wildman–Crippen LogP) is 8.11. The molecule has 0 heterocycles. The van der Waals surface area contributed by atoms with Gasteiger partial charge in [0.05, 0.1) is 0 Å². The van der Waals surface area contributed by atoms with Gasteiger partial charge in [0.15, 0.2) is 0 Å². The molecule has 0 atom stereocenters. The minimum atomic E-state index is 0.627. The van der Waals surface area contributed by atoms with Crippen LogP contribution in [0, 0.1) is 29.1 Å². The minimum Gasteiger partial charge on any atom is -0.0628 e. The molecule has 0 rings (SSSR count). The zero-order chi connectivity index (χ0) is 17.2. The average molecular weight is 311 g/mol. The Balaban J connectivity index is 4.78. The summed E-state index contributed by atoms with van der Waals surface area (Å²) in [6, 6.07) is 0. The Labute approximate surface area is 142 Å². The molecule has 0 unspecified atom stereocenters. The van der Waals surface area contributed by atoms with Gasteiger partial charge >= 0.3 is 0 Å². The molecule has 0 aromatic heterocycles. The van der Waals surface area contributed by atoms with Gasteiger partial charge in [0.2, 0.25) is 0 Å². The van der Waals surface area contributed by atoms with Gasteiger partial charge in [-0.05, 0) is 54.8 Å². The quantitative estimate of drug-likeness (QED) is 0.322. The molecule has 0 aromatic carbocycles. The maximum atomic E-state index is 2.43. The van der Waals surface area contributed by atoms with Crippen molar-refractivity contribution in [3.63, 3.8) is 0 Å². The van der Waals surface area contributed by atoms with Crippen molar-refractivity contribution in [1.29, 1.82) is 0 Å². The van der Waals surface area contributed by atoms with Crippen LogP contribution < -0.4 is 0 Å². The maximum Gasteiger partial charge on any atom is -0.0295 e. The predicted molar refractivity (Wildman–Crippen MR) is 103 cm³/mol.